The van der Waals surface area contributed by atoms with Crippen LogP contribution in [0.15, 0.2) is 0 Å². The van der Waals surface area contributed by atoms with E-state index < -0.39 is 11.9 Å². The molecule has 2 saturated heterocycles. The van der Waals surface area contributed by atoms with Crippen LogP contribution in [0.2, 0.25) is 0 Å². The predicted molar refractivity (Wildman–Crippen MR) is 76.2 cm³/mol. The highest BCUT2D eigenvalue weighted by Crippen LogP contribution is 2.35. The van der Waals surface area contributed by atoms with Crippen LogP contribution < -0.4 is 5.32 Å². The molecular formula is C14H20N2O3S. The Hall–Kier alpha value is -1.04. The first-order chi connectivity index (χ1) is 9.68. The van der Waals surface area contributed by atoms with Crippen molar-refractivity contribution in [1.29, 1.82) is 0 Å². The quantitative estimate of drug-likeness (QED) is 0.789. The highest BCUT2D eigenvalue weighted by Gasteiger charge is 2.47. The Morgan fingerprint density at radius 1 is 1.00 bits per heavy atom. The monoisotopic (exact) mass is 296 g/mol. The number of hydrogen-bond acceptors (Lipinski definition) is 4. The summed E-state index contributed by atoms with van der Waals surface area (Å²) in [6.45, 7) is 0. The number of amides is 4. The Morgan fingerprint density at radius 3 is 2.30 bits per heavy atom. The number of urea groups is 1. The van der Waals surface area contributed by atoms with E-state index in [1.807, 2.05) is 11.8 Å². The molecule has 0 bridgehead atoms. The molecule has 20 heavy (non-hydrogen) atoms. The molecule has 2 aliphatic heterocycles. The van der Waals surface area contributed by atoms with Crippen LogP contribution in [0.4, 0.5) is 4.79 Å². The lowest BCUT2D eigenvalue weighted by Crippen LogP contribution is -2.62. The van der Waals surface area contributed by atoms with Crippen molar-refractivity contribution in [2.75, 3.05) is 11.5 Å². The largest absolute Gasteiger partial charge is 0.331 e. The summed E-state index contributed by atoms with van der Waals surface area (Å²) in [6.07, 6.45) is 5.69. The molecule has 2 heterocycles. The van der Waals surface area contributed by atoms with Crippen molar-refractivity contribution in [3.8, 4) is 0 Å². The summed E-state index contributed by atoms with van der Waals surface area (Å²) in [5, 5.41) is 2.40. The second kappa shape index (κ2) is 5.76. The molecule has 1 unspecified atom stereocenters. The van der Waals surface area contributed by atoms with E-state index >= 15 is 0 Å². The van der Waals surface area contributed by atoms with E-state index in [9.17, 15) is 14.4 Å². The van der Waals surface area contributed by atoms with Crippen LogP contribution in [0.3, 0.4) is 0 Å². The number of nitrogens with zero attached hydrogens (tertiary/aromatic N) is 1. The van der Waals surface area contributed by atoms with Gasteiger partial charge in [-0.15, -0.1) is 0 Å². The minimum Gasteiger partial charge on any atom is -0.277 e. The fourth-order valence-corrected chi connectivity index (χ4v) is 4.68. The molecule has 0 radical (unpaired) electrons. The second-order valence-corrected chi connectivity index (χ2v) is 7.09. The van der Waals surface area contributed by atoms with Crippen molar-refractivity contribution in [2.24, 2.45) is 11.8 Å². The van der Waals surface area contributed by atoms with Crippen LogP contribution in [0.25, 0.3) is 0 Å². The molecular weight excluding hydrogens is 276 g/mol. The molecule has 1 aliphatic carbocycles. The minimum absolute atomic E-state index is 0.0271. The Kier molecular flexibility index (Phi) is 4.01. The van der Waals surface area contributed by atoms with Gasteiger partial charge < -0.3 is 0 Å². The number of nitrogens with one attached hydrogen (secondary N) is 1. The summed E-state index contributed by atoms with van der Waals surface area (Å²) in [4.78, 5) is 38.1. The van der Waals surface area contributed by atoms with Crippen molar-refractivity contribution in [1.82, 2.24) is 10.2 Å². The third-order valence-corrected chi connectivity index (χ3v) is 5.71. The zero-order valence-electron chi connectivity index (χ0n) is 11.5. The van der Waals surface area contributed by atoms with Gasteiger partial charge in [0.15, 0.2) is 0 Å². The topological polar surface area (TPSA) is 66.5 Å². The van der Waals surface area contributed by atoms with E-state index in [1.165, 1.54) is 4.90 Å². The maximum Gasteiger partial charge on any atom is 0.331 e. The highest BCUT2D eigenvalue weighted by molar-refractivity contribution is 7.99. The van der Waals surface area contributed by atoms with Gasteiger partial charge in [-0.2, -0.15) is 11.8 Å². The van der Waals surface area contributed by atoms with E-state index in [1.54, 1.807) is 0 Å². The molecule has 5 nitrogen and oxygen atoms in total. The minimum atomic E-state index is -0.634. The molecule has 6 heteroatoms. The van der Waals surface area contributed by atoms with Crippen LogP contribution in [-0.4, -0.2) is 40.3 Å². The Labute approximate surface area is 122 Å². The Morgan fingerprint density at radius 2 is 1.65 bits per heavy atom. The van der Waals surface area contributed by atoms with Gasteiger partial charge in [0.1, 0.15) is 5.92 Å². The van der Waals surface area contributed by atoms with Crippen LogP contribution in [0.1, 0.15) is 38.5 Å². The van der Waals surface area contributed by atoms with Gasteiger partial charge in [0.2, 0.25) is 11.8 Å². The molecule has 3 aliphatic rings. The molecule has 1 atom stereocenters. The molecule has 1 N–H and O–H groups in total. The van der Waals surface area contributed by atoms with Gasteiger partial charge in [-0.05, 0) is 43.1 Å². The summed E-state index contributed by atoms with van der Waals surface area (Å²) in [5.41, 5.74) is 0. The SMILES string of the molecule is O=C1NC(=O)N(C2CCSCC2)C(=O)C1C1CCCC1. The number of rotatable bonds is 2. The van der Waals surface area contributed by atoms with E-state index in [0.29, 0.717) is 0 Å². The Bertz CT molecular complexity index is 428. The van der Waals surface area contributed by atoms with Crippen LogP contribution >= 0.6 is 11.8 Å². The maximum absolute atomic E-state index is 12.7. The average Bonchev–Trinajstić information content (AvgIpc) is 2.93. The van der Waals surface area contributed by atoms with E-state index in [0.717, 1.165) is 50.0 Å². The Balaban J connectivity index is 1.80. The van der Waals surface area contributed by atoms with Crippen molar-refractivity contribution in [2.45, 2.75) is 44.6 Å². The van der Waals surface area contributed by atoms with Gasteiger partial charge in [-0.1, -0.05) is 12.8 Å². The van der Waals surface area contributed by atoms with Gasteiger partial charge in [-0.3, -0.25) is 19.8 Å². The first kappa shape index (κ1) is 13.9. The summed E-state index contributed by atoms with van der Waals surface area (Å²) < 4.78 is 0. The van der Waals surface area contributed by atoms with Gasteiger partial charge in [0.25, 0.3) is 0 Å². The number of carbonyl (C=O) groups excluding carboxylic acids is 3. The number of barbiturate groups is 1. The first-order valence-corrected chi connectivity index (χ1v) is 8.59. The molecule has 0 aromatic rings. The maximum atomic E-state index is 12.7. The van der Waals surface area contributed by atoms with Crippen molar-refractivity contribution in [3.05, 3.63) is 0 Å². The second-order valence-electron chi connectivity index (χ2n) is 5.87. The van der Waals surface area contributed by atoms with Gasteiger partial charge in [0, 0.05) is 6.04 Å². The van der Waals surface area contributed by atoms with E-state index in [-0.39, 0.29) is 23.8 Å². The number of thioether (sulfide) groups is 1. The first-order valence-electron chi connectivity index (χ1n) is 7.44. The molecule has 4 amide bonds. The lowest BCUT2D eigenvalue weighted by Gasteiger charge is -2.38. The number of carbonyl (C=O) groups is 3. The highest BCUT2D eigenvalue weighted by atomic mass is 32.2. The molecule has 0 aromatic heterocycles. The van der Waals surface area contributed by atoms with E-state index in [2.05, 4.69) is 5.32 Å². The van der Waals surface area contributed by atoms with Crippen LogP contribution in [-0.2, 0) is 9.59 Å². The summed E-state index contributed by atoms with van der Waals surface area (Å²) in [7, 11) is 0. The predicted octanol–water partition coefficient (Wildman–Crippen LogP) is 1.77. The fourth-order valence-electron chi connectivity index (χ4n) is 3.60. The molecule has 3 fully saturated rings. The van der Waals surface area contributed by atoms with Gasteiger partial charge >= 0.3 is 6.03 Å². The summed E-state index contributed by atoms with van der Waals surface area (Å²) >= 11 is 1.86. The summed E-state index contributed by atoms with van der Waals surface area (Å²) in [6, 6.07) is -0.535. The van der Waals surface area contributed by atoms with Gasteiger partial charge in [0.05, 0.1) is 0 Å². The van der Waals surface area contributed by atoms with Crippen molar-refractivity contribution < 1.29 is 14.4 Å². The van der Waals surface area contributed by atoms with Crippen molar-refractivity contribution >= 4 is 29.6 Å². The standard InChI is InChI=1S/C14H20N2O3S/c17-12-11(9-3-1-2-4-9)13(18)16(14(19)15-12)10-5-7-20-8-6-10/h9-11H,1-8H2,(H,15,17,19). The molecule has 3 rings (SSSR count). The number of hydrogen-bond donors (Lipinski definition) is 1. The summed E-state index contributed by atoms with van der Waals surface area (Å²) in [5.74, 6) is 0.810. The lowest BCUT2D eigenvalue weighted by atomic mass is 9.87. The fraction of sp³-hybridized carbons (Fsp3) is 0.786. The third-order valence-electron chi connectivity index (χ3n) is 4.66. The van der Waals surface area contributed by atoms with Crippen LogP contribution in [0.5, 0.6) is 0 Å². The lowest BCUT2D eigenvalue weighted by molar-refractivity contribution is -0.146. The molecule has 1 saturated carbocycles. The van der Waals surface area contributed by atoms with Crippen molar-refractivity contribution in [3.63, 3.8) is 0 Å². The smallest absolute Gasteiger partial charge is 0.277 e. The zero-order valence-corrected chi connectivity index (χ0v) is 12.3. The van der Waals surface area contributed by atoms with E-state index in [4.69, 9.17) is 0 Å². The normalized spacial score (nSPS) is 29.9. The molecule has 0 aromatic carbocycles. The zero-order chi connectivity index (χ0) is 14.1. The van der Waals surface area contributed by atoms with Crippen LogP contribution in [0, 0.1) is 11.8 Å². The average molecular weight is 296 g/mol. The molecule has 0 spiro atoms. The molecule has 110 valence electrons. The number of imide groups is 2. The van der Waals surface area contributed by atoms with Gasteiger partial charge in [-0.25, -0.2) is 4.79 Å². The third kappa shape index (κ3) is 2.45.